The Morgan fingerprint density at radius 1 is 1.24 bits per heavy atom. The number of Topliss-reactive ketones (excluding diaryl/α,β-unsaturated/α-hetero) is 1. The van der Waals surface area contributed by atoms with Crippen LogP contribution in [0.5, 0.6) is 0 Å². The zero-order chi connectivity index (χ0) is 12.8. The molecule has 17 heavy (non-hydrogen) atoms. The summed E-state index contributed by atoms with van der Waals surface area (Å²) in [5, 5.41) is 19.4. The normalized spacial score (nSPS) is 11.2. The highest BCUT2D eigenvalue weighted by Crippen LogP contribution is 2.06. The van der Waals surface area contributed by atoms with Crippen LogP contribution in [-0.4, -0.2) is 27.8 Å². The summed E-state index contributed by atoms with van der Waals surface area (Å²) in [5.74, 6) is -2.19. The third-order valence-corrected chi connectivity index (χ3v) is 2.33. The van der Waals surface area contributed by atoms with Crippen LogP contribution in [0.3, 0.4) is 0 Å². The largest absolute Gasteiger partial charge is 0.476 e. The van der Waals surface area contributed by atoms with E-state index in [0.717, 1.165) is 11.1 Å². The van der Waals surface area contributed by atoms with Gasteiger partial charge in [0.05, 0.1) is 0 Å². The molecule has 5 heteroatoms. The molecule has 5 nitrogen and oxygen atoms in total. The third kappa shape index (κ3) is 3.71. The summed E-state index contributed by atoms with van der Waals surface area (Å²) in [6, 6.07) is 7.58. The smallest absolute Gasteiger partial charge is 0.361 e. The number of benzene rings is 1. The first-order chi connectivity index (χ1) is 8.04. The lowest BCUT2D eigenvalue weighted by molar-refractivity contribution is -0.130. The molecule has 0 unspecified atom stereocenters. The van der Waals surface area contributed by atoms with Gasteiger partial charge in [-0.05, 0) is 18.9 Å². The molecule has 0 heterocycles. The molecule has 0 radical (unpaired) electrons. The zero-order valence-electron chi connectivity index (χ0n) is 9.38. The van der Waals surface area contributed by atoms with Gasteiger partial charge in [-0.25, -0.2) is 4.79 Å². The molecule has 0 aliphatic rings. The van der Waals surface area contributed by atoms with Crippen LogP contribution in [-0.2, 0) is 16.0 Å². The summed E-state index contributed by atoms with van der Waals surface area (Å²) >= 11 is 0. The van der Waals surface area contributed by atoms with Crippen LogP contribution in [0.4, 0.5) is 0 Å². The fourth-order valence-corrected chi connectivity index (χ4v) is 1.35. The number of carboxylic acid groups (broad SMARTS) is 1. The van der Waals surface area contributed by atoms with E-state index in [2.05, 4.69) is 5.16 Å². The first-order valence-electron chi connectivity index (χ1n) is 5.08. The highest BCUT2D eigenvalue weighted by atomic mass is 16.4. The van der Waals surface area contributed by atoms with Crippen molar-refractivity contribution in [2.24, 2.45) is 5.16 Å². The van der Waals surface area contributed by atoms with Crippen molar-refractivity contribution in [3.8, 4) is 0 Å². The molecule has 0 aliphatic heterocycles. The van der Waals surface area contributed by atoms with Crippen LogP contribution in [0.25, 0.3) is 0 Å². The van der Waals surface area contributed by atoms with Crippen molar-refractivity contribution < 1.29 is 19.9 Å². The number of nitrogens with zero attached hydrogens (tertiary/aromatic N) is 1. The number of carbonyl (C=O) groups is 2. The van der Waals surface area contributed by atoms with Gasteiger partial charge in [-0.2, -0.15) is 0 Å². The average Bonchev–Trinajstić information content (AvgIpc) is 2.28. The number of carboxylic acids is 1. The second-order valence-corrected chi connectivity index (χ2v) is 3.66. The fraction of sp³-hybridized carbons (Fsp3) is 0.250. The molecule has 0 aromatic heterocycles. The Kier molecular flexibility index (Phi) is 4.39. The molecule has 0 bridgehead atoms. The second-order valence-electron chi connectivity index (χ2n) is 3.66. The van der Waals surface area contributed by atoms with E-state index in [9.17, 15) is 9.59 Å². The number of aliphatic carboxylic acids is 1. The molecule has 0 atom stereocenters. The minimum atomic E-state index is -1.51. The third-order valence-electron chi connectivity index (χ3n) is 2.33. The number of hydrogen-bond donors (Lipinski definition) is 2. The molecular formula is C12H13NO4. The Morgan fingerprint density at radius 2 is 1.82 bits per heavy atom. The molecule has 1 aromatic rings. The molecule has 0 aliphatic carbocycles. The Balaban J connectivity index is 2.59. The van der Waals surface area contributed by atoms with Crippen LogP contribution in [0, 0.1) is 6.92 Å². The summed E-state index contributed by atoms with van der Waals surface area (Å²) in [7, 11) is 0. The van der Waals surface area contributed by atoms with Gasteiger partial charge in [0.1, 0.15) is 0 Å². The Labute approximate surface area is 98.4 Å². The number of ketones is 1. The standard InChI is InChI=1S/C12H13NO4/c1-8-2-4-9(5-3-8)6-7-10(14)11(13-17)12(15)16/h2-5,17H,6-7H2,1H3,(H,15,16)/b13-11-. The lowest BCUT2D eigenvalue weighted by Crippen LogP contribution is -2.24. The molecule has 0 fully saturated rings. The molecule has 2 N–H and O–H groups in total. The van der Waals surface area contributed by atoms with Crippen LogP contribution in [0.2, 0.25) is 0 Å². The van der Waals surface area contributed by atoms with E-state index >= 15 is 0 Å². The van der Waals surface area contributed by atoms with Crippen LogP contribution < -0.4 is 0 Å². The van der Waals surface area contributed by atoms with Gasteiger partial charge in [0.15, 0.2) is 5.78 Å². The highest BCUT2D eigenvalue weighted by Gasteiger charge is 2.19. The summed E-state index contributed by atoms with van der Waals surface area (Å²) in [4.78, 5) is 21.9. The van der Waals surface area contributed by atoms with Crippen molar-refractivity contribution in [2.45, 2.75) is 19.8 Å². The molecule has 0 saturated carbocycles. The van der Waals surface area contributed by atoms with Crippen molar-refractivity contribution in [1.82, 2.24) is 0 Å². The number of aryl methyl sites for hydroxylation is 2. The van der Waals surface area contributed by atoms with E-state index in [0.29, 0.717) is 6.42 Å². The van der Waals surface area contributed by atoms with Gasteiger partial charge in [-0.3, -0.25) is 4.79 Å². The minimum Gasteiger partial charge on any atom is -0.476 e. The Hall–Kier alpha value is -2.17. The van der Waals surface area contributed by atoms with Gasteiger partial charge in [-0.1, -0.05) is 35.0 Å². The van der Waals surface area contributed by atoms with E-state index < -0.39 is 17.5 Å². The minimum absolute atomic E-state index is 0.00868. The molecule has 0 amide bonds. The lowest BCUT2D eigenvalue weighted by Gasteiger charge is -2.01. The molecule has 1 rings (SSSR count). The maximum atomic E-state index is 11.4. The van der Waals surface area contributed by atoms with Gasteiger partial charge in [0.2, 0.25) is 5.71 Å². The van der Waals surface area contributed by atoms with Gasteiger partial charge in [0, 0.05) is 6.42 Å². The van der Waals surface area contributed by atoms with E-state index in [1.165, 1.54) is 0 Å². The monoisotopic (exact) mass is 235 g/mol. The van der Waals surface area contributed by atoms with Gasteiger partial charge in [-0.15, -0.1) is 0 Å². The van der Waals surface area contributed by atoms with Crippen molar-refractivity contribution >= 4 is 17.5 Å². The summed E-state index contributed by atoms with van der Waals surface area (Å²) in [5.41, 5.74) is 1.23. The second kappa shape index (κ2) is 5.79. The topological polar surface area (TPSA) is 87.0 Å². The highest BCUT2D eigenvalue weighted by molar-refractivity contribution is 6.63. The maximum absolute atomic E-state index is 11.4. The summed E-state index contributed by atoms with van der Waals surface area (Å²) < 4.78 is 0. The molecule has 90 valence electrons. The van der Waals surface area contributed by atoms with E-state index in [1.54, 1.807) is 0 Å². The lowest BCUT2D eigenvalue weighted by atomic mass is 10.0. The molecule has 1 aromatic carbocycles. The summed E-state index contributed by atoms with van der Waals surface area (Å²) in [6.45, 7) is 1.95. The number of hydrogen-bond acceptors (Lipinski definition) is 4. The molecule has 0 spiro atoms. The van der Waals surface area contributed by atoms with E-state index in [4.69, 9.17) is 10.3 Å². The molecular weight excluding hydrogens is 222 g/mol. The van der Waals surface area contributed by atoms with E-state index in [-0.39, 0.29) is 6.42 Å². The first kappa shape index (κ1) is 12.9. The number of rotatable bonds is 5. The fourth-order valence-electron chi connectivity index (χ4n) is 1.35. The van der Waals surface area contributed by atoms with Crippen molar-refractivity contribution in [3.63, 3.8) is 0 Å². The first-order valence-corrected chi connectivity index (χ1v) is 5.08. The van der Waals surface area contributed by atoms with Gasteiger partial charge >= 0.3 is 5.97 Å². The van der Waals surface area contributed by atoms with Crippen molar-refractivity contribution in [2.75, 3.05) is 0 Å². The Bertz CT molecular complexity index is 448. The van der Waals surface area contributed by atoms with E-state index in [1.807, 2.05) is 31.2 Å². The van der Waals surface area contributed by atoms with Crippen LogP contribution >= 0.6 is 0 Å². The van der Waals surface area contributed by atoms with Crippen molar-refractivity contribution in [1.29, 1.82) is 0 Å². The Morgan fingerprint density at radius 3 is 2.29 bits per heavy atom. The molecule has 0 saturated heterocycles. The average molecular weight is 235 g/mol. The van der Waals surface area contributed by atoms with Crippen LogP contribution in [0.15, 0.2) is 29.4 Å². The zero-order valence-corrected chi connectivity index (χ0v) is 9.38. The predicted molar refractivity (Wildman–Crippen MR) is 61.4 cm³/mol. The van der Waals surface area contributed by atoms with Crippen molar-refractivity contribution in [3.05, 3.63) is 35.4 Å². The predicted octanol–water partition coefficient (Wildman–Crippen LogP) is 1.41. The van der Waals surface area contributed by atoms with Gasteiger partial charge < -0.3 is 10.3 Å². The summed E-state index contributed by atoms with van der Waals surface area (Å²) in [6.07, 6.45) is 0.431. The van der Waals surface area contributed by atoms with Crippen LogP contribution in [0.1, 0.15) is 17.5 Å². The number of carbonyl (C=O) groups excluding carboxylic acids is 1. The SMILES string of the molecule is Cc1ccc(CCC(=O)/C(=N/O)C(=O)O)cc1. The van der Waals surface area contributed by atoms with Gasteiger partial charge in [0.25, 0.3) is 0 Å². The number of oxime groups is 1. The quantitative estimate of drug-likeness (QED) is 0.349. The maximum Gasteiger partial charge on any atom is 0.361 e.